The Morgan fingerprint density at radius 1 is 1.14 bits per heavy atom. The summed E-state index contributed by atoms with van der Waals surface area (Å²) in [6.45, 7) is 9.23. The van der Waals surface area contributed by atoms with Crippen molar-refractivity contribution in [1.29, 1.82) is 0 Å². The molecule has 0 unspecified atom stereocenters. The van der Waals surface area contributed by atoms with Crippen molar-refractivity contribution in [3.63, 3.8) is 0 Å². The Hall–Kier alpha value is -1.56. The van der Waals surface area contributed by atoms with E-state index >= 15 is 0 Å². The van der Waals surface area contributed by atoms with Gasteiger partial charge in [-0.25, -0.2) is 9.50 Å². The van der Waals surface area contributed by atoms with E-state index in [1.54, 1.807) is 18.1 Å². The molecule has 9 nitrogen and oxygen atoms in total. The Balaban J connectivity index is 1.23. The van der Waals surface area contributed by atoms with Crippen LogP contribution in [0.25, 0.3) is 5.52 Å². The quantitative estimate of drug-likeness (QED) is 0.430. The standard InChI is InChI=1S/C26H38N6O3S/c1-25(2)34-22-20(16-31-12-5-8-26(31)9-13-30(14-10-26)15-11-27-3)33-21(23(22)35-25)18-6-7-19-24(36-4)28-17-29-32(18)19/h6-7,11,17,20-23H,5,8-10,12-16H2,1-4H3/t20-,21+,22-,23+/m1/s1. The van der Waals surface area contributed by atoms with Gasteiger partial charge in [-0.1, -0.05) is 0 Å². The highest BCUT2D eigenvalue weighted by atomic mass is 32.2. The molecule has 0 bridgehead atoms. The van der Waals surface area contributed by atoms with Gasteiger partial charge in [-0.2, -0.15) is 5.10 Å². The van der Waals surface area contributed by atoms with Crippen LogP contribution in [-0.2, 0) is 14.2 Å². The fourth-order valence-electron chi connectivity index (χ4n) is 6.78. The third-order valence-corrected chi connectivity index (χ3v) is 9.23. The average Bonchev–Trinajstić information content (AvgIpc) is 3.62. The fourth-order valence-corrected chi connectivity index (χ4v) is 7.30. The zero-order valence-corrected chi connectivity index (χ0v) is 22.6. The number of ether oxygens (including phenoxy) is 3. The smallest absolute Gasteiger partial charge is 0.164 e. The molecule has 4 fully saturated rings. The third-order valence-electron chi connectivity index (χ3n) is 8.53. The van der Waals surface area contributed by atoms with Gasteiger partial charge in [-0.15, -0.1) is 11.8 Å². The first-order chi connectivity index (χ1) is 17.4. The van der Waals surface area contributed by atoms with E-state index in [-0.39, 0.29) is 30.0 Å². The van der Waals surface area contributed by atoms with Crippen LogP contribution in [-0.4, -0.2) is 106 Å². The number of likely N-dealkylation sites (tertiary alicyclic amines) is 2. The molecule has 10 heteroatoms. The van der Waals surface area contributed by atoms with Gasteiger partial charge in [0.1, 0.15) is 35.8 Å². The Morgan fingerprint density at radius 3 is 2.72 bits per heavy atom. The second kappa shape index (κ2) is 9.63. The summed E-state index contributed by atoms with van der Waals surface area (Å²) >= 11 is 1.63. The molecule has 0 saturated carbocycles. The lowest BCUT2D eigenvalue weighted by Gasteiger charge is -2.45. The van der Waals surface area contributed by atoms with E-state index in [1.807, 2.05) is 37.9 Å². The van der Waals surface area contributed by atoms with Gasteiger partial charge in [0.2, 0.25) is 0 Å². The van der Waals surface area contributed by atoms with Gasteiger partial charge in [-0.05, 0) is 64.5 Å². The molecule has 4 saturated heterocycles. The van der Waals surface area contributed by atoms with Crippen molar-refractivity contribution in [2.75, 3.05) is 46.0 Å². The van der Waals surface area contributed by atoms with Gasteiger partial charge < -0.3 is 14.2 Å². The van der Waals surface area contributed by atoms with Crippen molar-refractivity contribution in [1.82, 2.24) is 24.4 Å². The van der Waals surface area contributed by atoms with E-state index in [4.69, 9.17) is 14.2 Å². The predicted octanol–water partition coefficient (Wildman–Crippen LogP) is 3.04. The molecule has 0 N–H and O–H groups in total. The maximum absolute atomic E-state index is 6.81. The lowest BCUT2D eigenvalue weighted by Crippen LogP contribution is -2.55. The number of thioether (sulfide) groups is 1. The Kier molecular flexibility index (Phi) is 6.63. The molecule has 2 aromatic heterocycles. The molecular weight excluding hydrogens is 476 g/mol. The van der Waals surface area contributed by atoms with Crippen molar-refractivity contribution >= 4 is 23.5 Å². The maximum Gasteiger partial charge on any atom is 0.164 e. The van der Waals surface area contributed by atoms with Gasteiger partial charge in [0.15, 0.2) is 5.79 Å². The second-order valence-corrected chi connectivity index (χ2v) is 11.8. The number of hydrogen-bond acceptors (Lipinski definition) is 9. The molecule has 0 amide bonds. The molecule has 196 valence electrons. The highest BCUT2D eigenvalue weighted by molar-refractivity contribution is 7.98. The van der Waals surface area contributed by atoms with Gasteiger partial charge in [0.25, 0.3) is 0 Å². The average molecular weight is 515 g/mol. The Labute approximate surface area is 217 Å². The minimum absolute atomic E-state index is 0.0468. The number of piperidine rings is 1. The first-order valence-corrected chi connectivity index (χ1v) is 14.4. The predicted molar refractivity (Wildman–Crippen MR) is 140 cm³/mol. The van der Waals surface area contributed by atoms with Crippen LogP contribution < -0.4 is 0 Å². The molecule has 36 heavy (non-hydrogen) atoms. The van der Waals surface area contributed by atoms with Gasteiger partial charge in [0, 0.05) is 45.0 Å². The summed E-state index contributed by atoms with van der Waals surface area (Å²) < 4.78 is 21.7. The maximum atomic E-state index is 6.81. The fraction of sp³-hybridized carbons (Fsp3) is 0.731. The molecule has 0 aliphatic carbocycles. The van der Waals surface area contributed by atoms with Crippen molar-refractivity contribution in [2.45, 2.75) is 80.3 Å². The molecule has 1 spiro atoms. The van der Waals surface area contributed by atoms with Gasteiger partial charge >= 0.3 is 0 Å². The van der Waals surface area contributed by atoms with Crippen LogP contribution in [0.2, 0.25) is 0 Å². The zero-order chi connectivity index (χ0) is 24.9. The Bertz CT molecular complexity index is 1110. The minimum Gasteiger partial charge on any atom is -0.362 e. The molecule has 6 heterocycles. The van der Waals surface area contributed by atoms with Gasteiger partial charge in [-0.3, -0.25) is 14.8 Å². The molecular formula is C26H38N6O3S. The number of hydrogen-bond donors (Lipinski definition) is 0. The topological polar surface area (TPSA) is 76.7 Å². The summed E-state index contributed by atoms with van der Waals surface area (Å²) in [6.07, 6.45) is 10.1. The van der Waals surface area contributed by atoms with Crippen LogP contribution in [0.15, 0.2) is 28.5 Å². The first-order valence-electron chi connectivity index (χ1n) is 13.2. The summed E-state index contributed by atoms with van der Waals surface area (Å²) in [5.41, 5.74) is 2.28. The minimum atomic E-state index is -0.628. The molecule has 0 aromatic carbocycles. The summed E-state index contributed by atoms with van der Waals surface area (Å²) in [4.78, 5) is 13.8. The second-order valence-electron chi connectivity index (χ2n) is 11.0. The monoisotopic (exact) mass is 514 g/mol. The van der Waals surface area contributed by atoms with E-state index in [0.717, 1.165) is 49.0 Å². The van der Waals surface area contributed by atoms with E-state index in [2.05, 4.69) is 37.0 Å². The zero-order valence-electron chi connectivity index (χ0n) is 21.8. The molecule has 0 radical (unpaired) electrons. The third kappa shape index (κ3) is 4.29. The van der Waals surface area contributed by atoms with Crippen molar-refractivity contribution < 1.29 is 14.2 Å². The van der Waals surface area contributed by atoms with Crippen LogP contribution in [0.1, 0.15) is 51.3 Å². The van der Waals surface area contributed by atoms with E-state index < -0.39 is 5.79 Å². The van der Waals surface area contributed by atoms with Crippen LogP contribution in [0.3, 0.4) is 0 Å². The molecule has 2 aromatic rings. The van der Waals surface area contributed by atoms with E-state index in [0.29, 0.717) is 0 Å². The van der Waals surface area contributed by atoms with Crippen LogP contribution >= 0.6 is 11.8 Å². The lowest BCUT2D eigenvalue weighted by molar-refractivity contribution is -0.191. The SMILES string of the molecule is CN=CCN1CCC2(CCCN2C[C@H]2O[C@@H](c3ccc4c(SC)ncnn34)[C@@H]3OC(C)(C)O[C@@H]32)CC1. The highest BCUT2D eigenvalue weighted by Crippen LogP contribution is 2.47. The molecule has 4 atom stereocenters. The molecule has 6 rings (SSSR count). The van der Waals surface area contributed by atoms with Crippen molar-refractivity contribution in [3.8, 4) is 0 Å². The number of rotatable bonds is 6. The Morgan fingerprint density at radius 2 is 1.94 bits per heavy atom. The van der Waals surface area contributed by atoms with Gasteiger partial charge in [0.05, 0.1) is 11.2 Å². The first kappa shape index (κ1) is 24.8. The van der Waals surface area contributed by atoms with Crippen LogP contribution in [0, 0.1) is 0 Å². The number of nitrogens with zero attached hydrogens (tertiary/aromatic N) is 6. The summed E-state index contributed by atoms with van der Waals surface area (Å²) in [5, 5.41) is 5.52. The summed E-state index contributed by atoms with van der Waals surface area (Å²) in [5.74, 6) is -0.628. The van der Waals surface area contributed by atoms with Crippen molar-refractivity contribution in [2.24, 2.45) is 4.99 Å². The largest absolute Gasteiger partial charge is 0.362 e. The number of aromatic nitrogens is 3. The van der Waals surface area contributed by atoms with Crippen LogP contribution in [0.5, 0.6) is 0 Å². The summed E-state index contributed by atoms with van der Waals surface area (Å²) in [7, 11) is 1.85. The number of fused-ring (bicyclic) bond motifs is 2. The molecule has 4 aliphatic rings. The van der Waals surface area contributed by atoms with E-state index in [1.165, 1.54) is 25.7 Å². The van der Waals surface area contributed by atoms with E-state index in [9.17, 15) is 0 Å². The van der Waals surface area contributed by atoms with Crippen molar-refractivity contribution in [3.05, 3.63) is 24.2 Å². The van der Waals surface area contributed by atoms with Crippen LogP contribution in [0.4, 0.5) is 0 Å². The lowest BCUT2D eigenvalue weighted by atomic mass is 9.84. The highest BCUT2D eigenvalue weighted by Gasteiger charge is 2.57. The number of aliphatic imine (C=N–C) groups is 1. The summed E-state index contributed by atoms with van der Waals surface area (Å²) in [6, 6.07) is 4.19. The molecule has 4 aliphatic heterocycles. The normalized spacial score (nSPS) is 32.3.